The van der Waals surface area contributed by atoms with Crippen molar-refractivity contribution in [1.29, 1.82) is 0 Å². The number of nitrogens with zero attached hydrogens (tertiary/aromatic N) is 1. The van der Waals surface area contributed by atoms with E-state index in [9.17, 15) is 5.11 Å². The van der Waals surface area contributed by atoms with Gasteiger partial charge in [-0.25, -0.2) is 0 Å². The highest BCUT2D eigenvalue weighted by Crippen LogP contribution is 2.36. The Hall–Kier alpha value is -0.0800. The number of hydrogen-bond donors (Lipinski definition) is 1. The third-order valence-electron chi connectivity index (χ3n) is 4.37. The topological polar surface area (TPSA) is 23.5 Å². The molecule has 2 rings (SSSR count). The van der Waals surface area contributed by atoms with Crippen LogP contribution in [0.1, 0.15) is 46.0 Å². The Morgan fingerprint density at radius 1 is 1.06 bits per heavy atom. The van der Waals surface area contributed by atoms with E-state index in [1.54, 1.807) is 0 Å². The first-order chi connectivity index (χ1) is 7.65. The molecule has 0 aromatic carbocycles. The minimum Gasteiger partial charge on any atom is -0.393 e. The SMILES string of the molecule is CC(C)CN1CCC(C2CCC(O)C2)CC1. The van der Waals surface area contributed by atoms with Crippen LogP contribution in [-0.4, -0.2) is 35.7 Å². The minimum atomic E-state index is 0.0127. The first-order valence-electron chi connectivity index (χ1n) is 7.05. The lowest BCUT2D eigenvalue weighted by atomic mass is 9.83. The van der Waals surface area contributed by atoms with Gasteiger partial charge in [-0.2, -0.15) is 0 Å². The molecule has 16 heavy (non-hydrogen) atoms. The van der Waals surface area contributed by atoms with Crippen LogP contribution in [0.3, 0.4) is 0 Å². The van der Waals surface area contributed by atoms with Crippen molar-refractivity contribution in [3.05, 3.63) is 0 Å². The quantitative estimate of drug-likeness (QED) is 0.798. The van der Waals surface area contributed by atoms with Crippen molar-refractivity contribution in [2.45, 2.75) is 52.1 Å². The highest BCUT2D eigenvalue weighted by Gasteiger charge is 2.31. The Bertz CT molecular complexity index is 209. The predicted octanol–water partition coefficient (Wildman–Crippen LogP) is 2.52. The zero-order valence-electron chi connectivity index (χ0n) is 10.9. The van der Waals surface area contributed by atoms with Gasteiger partial charge in [-0.1, -0.05) is 13.8 Å². The summed E-state index contributed by atoms with van der Waals surface area (Å²) < 4.78 is 0. The van der Waals surface area contributed by atoms with Gasteiger partial charge in [-0.3, -0.25) is 0 Å². The number of aliphatic hydroxyl groups excluding tert-OH is 1. The van der Waals surface area contributed by atoms with Gasteiger partial charge >= 0.3 is 0 Å². The maximum absolute atomic E-state index is 9.59. The second-order valence-corrected chi connectivity index (χ2v) is 6.26. The second kappa shape index (κ2) is 5.50. The number of aliphatic hydroxyl groups is 1. The molecule has 1 aliphatic carbocycles. The predicted molar refractivity (Wildman–Crippen MR) is 67.3 cm³/mol. The Morgan fingerprint density at radius 3 is 2.25 bits per heavy atom. The number of hydrogen-bond acceptors (Lipinski definition) is 2. The molecule has 1 heterocycles. The van der Waals surface area contributed by atoms with Crippen LogP contribution >= 0.6 is 0 Å². The molecular weight excluding hydrogens is 198 g/mol. The summed E-state index contributed by atoms with van der Waals surface area (Å²) in [6.07, 6.45) is 6.15. The van der Waals surface area contributed by atoms with Crippen LogP contribution < -0.4 is 0 Å². The third-order valence-corrected chi connectivity index (χ3v) is 4.37. The van der Waals surface area contributed by atoms with E-state index in [4.69, 9.17) is 0 Å². The van der Waals surface area contributed by atoms with Crippen LogP contribution in [0, 0.1) is 17.8 Å². The van der Waals surface area contributed by atoms with Gasteiger partial charge in [0.15, 0.2) is 0 Å². The Morgan fingerprint density at radius 2 is 1.75 bits per heavy atom. The number of rotatable bonds is 3. The van der Waals surface area contributed by atoms with Gasteiger partial charge in [0.25, 0.3) is 0 Å². The summed E-state index contributed by atoms with van der Waals surface area (Å²) in [5.74, 6) is 2.53. The van der Waals surface area contributed by atoms with E-state index < -0.39 is 0 Å². The van der Waals surface area contributed by atoms with E-state index in [2.05, 4.69) is 18.7 Å². The molecule has 0 aromatic rings. The molecule has 0 amide bonds. The lowest BCUT2D eigenvalue weighted by Gasteiger charge is -2.35. The normalized spacial score (nSPS) is 33.8. The smallest absolute Gasteiger partial charge is 0.0543 e. The molecule has 94 valence electrons. The largest absolute Gasteiger partial charge is 0.393 e. The molecule has 0 aromatic heterocycles. The standard InChI is InChI=1S/C14H27NO/c1-11(2)10-15-7-5-12(6-8-15)13-3-4-14(16)9-13/h11-14,16H,3-10H2,1-2H3. The molecule has 0 bridgehead atoms. The van der Waals surface area contributed by atoms with Gasteiger partial charge in [0.05, 0.1) is 6.10 Å². The molecule has 2 unspecified atom stereocenters. The minimum absolute atomic E-state index is 0.0127. The van der Waals surface area contributed by atoms with Gasteiger partial charge in [0.2, 0.25) is 0 Å². The number of likely N-dealkylation sites (tertiary alicyclic amines) is 1. The monoisotopic (exact) mass is 225 g/mol. The summed E-state index contributed by atoms with van der Waals surface area (Å²) in [7, 11) is 0. The van der Waals surface area contributed by atoms with Crippen molar-refractivity contribution in [2.24, 2.45) is 17.8 Å². The molecule has 2 aliphatic rings. The van der Waals surface area contributed by atoms with Crippen LogP contribution in [-0.2, 0) is 0 Å². The number of piperidine rings is 1. The summed E-state index contributed by atoms with van der Waals surface area (Å²) in [6, 6.07) is 0. The maximum Gasteiger partial charge on any atom is 0.0543 e. The Balaban J connectivity index is 1.72. The van der Waals surface area contributed by atoms with Gasteiger partial charge in [-0.05, 0) is 62.9 Å². The molecule has 0 spiro atoms. The van der Waals surface area contributed by atoms with E-state index in [1.807, 2.05) is 0 Å². The molecule has 0 radical (unpaired) electrons. The zero-order chi connectivity index (χ0) is 11.5. The highest BCUT2D eigenvalue weighted by molar-refractivity contribution is 4.84. The van der Waals surface area contributed by atoms with Crippen molar-refractivity contribution in [2.75, 3.05) is 19.6 Å². The molecule has 1 saturated carbocycles. The van der Waals surface area contributed by atoms with Crippen molar-refractivity contribution in [3.63, 3.8) is 0 Å². The van der Waals surface area contributed by atoms with Crippen molar-refractivity contribution in [1.82, 2.24) is 4.90 Å². The van der Waals surface area contributed by atoms with Crippen molar-refractivity contribution >= 4 is 0 Å². The van der Waals surface area contributed by atoms with Crippen LogP contribution in [0.2, 0.25) is 0 Å². The highest BCUT2D eigenvalue weighted by atomic mass is 16.3. The fourth-order valence-corrected chi connectivity index (χ4v) is 3.54. The van der Waals surface area contributed by atoms with Gasteiger partial charge in [0.1, 0.15) is 0 Å². The molecule has 1 saturated heterocycles. The van der Waals surface area contributed by atoms with E-state index in [-0.39, 0.29) is 6.10 Å². The maximum atomic E-state index is 9.59. The molecule has 2 atom stereocenters. The first kappa shape index (κ1) is 12.4. The van der Waals surface area contributed by atoms with E-state index in [1.165, 1.54) is 38.9 Å². The summed E-state index contributed by atoms with van der Waals surface area (Å²) in [5.41, 5.74) is 0. The lowest BCUT2D eigenvalue weighted by Crippen LogP contribution is -2.37. The molecule has 2 heteroatoms. The van der Waals surface area contributed by atoms with Gasteiger partial charge in [-0.15, -0.1) is 0 Å². The first-order valence-corrected chi connectivity index (χ1v) is 7.05. The van der Waals surface area contributed by atoms with Gasteiger partial charge in [0, 0.05) is 6.54 Å². The van der Waals surface area contributed by atoms with Crippen molar-refractivity contribution < 1.29 is 5.11 Å². The van der Waals surface area contributed by atoms with E-state index >= 15 is 0 Å². The molecule has 2 fully saturated rings. The van der Waals surface area contributed by atoms with Gasteiger partial charge < -0.3 is 10.0 Å². The molecule has 1 aliphatic heterocycles. The fourth-order valence-electron chi connectivity index (χ4n) is 3.54. The summed E-state index contributed by atoms with van der Waals surface area (Å²) >= 11 is 0. The second-order valence-electron chi connectivity index (χ2n) is 6.26. The van der Waals surface area contributed by atoms with Crippen LogP contribution in [0.4, 0.5) is 0 Å². The molecule has 1 N–H and O–H groups in total. The Labute approximate surface area is 100 Å². The molecular formula is C14H27NO. The van der Waals surface area contributed by atoms with E-state index in [0.29, 0.717) is 0 Å². The summed E-state index contributed by atoms with van der Waals surface area (Å²) in [6.45, 7) is 8.45. The van der Waals surface area contributed by atoms with E-state index in [0.717, 1.165) is 30.6 Å². The van der Waals surface area contributed by atoms with Crippen molar-refractivity contribution in [3.8, 4) is 0 Å². The van der Waals surface area contributed by atoms with Crippen LogP contribution in [0.15, 0.2) is 0 Å². The van der Waals surface area contributed by atoms with Crippen LogP contribution in [0.25, 0.3) is 0 Å². The lowest BCUT2D eigenvalue weighted by molar-refractivity contribution is 0.124. The Kier molecular flexibility index (Phi) is 4.26. The third kappa shape index (κ3) is 3.21. The molecule has 2 nitrogen and oxygen atoms in total. The van der Waals surface area contributed by atoms with Crippen LogP contribution in [0.5, 0.6) is 0 Å². The summed E-state index contributed by atoms with van der Waals surface area (Å²) in [4.78, 5) is 2.62. The fraction of sp³-hybridized carbons (Fsp3) is 1.00. The average molecular weight is 225 g/mol. The average Bonchev–Trinajstić information content (AvgIpc) is 2.65. The zero-order valence-corrected chi connectivity index (χ0v) is 10.9. The summed E-state index contributed by atoms with van der Waals surface area (Å²) in [5, 5.41) is 9.59.